The van der Waals surface area contributed by atoms with Gasteiger partial charge in [-0.05, 0) is 31.2 Å². The molecule has 0 saturated carbocycles. The van der Waals surface area contributed by atoms with Crippen LogP contribution in [0.2, 0.25) is 0 Å². The van der Waals surface area contributed by atoms with Gasteiger partial charge in [-0.25, -0.2) is 9.97 Å². The summed E-state index contributed by atoms with van der Waals surface area (Å²) in [6.45, 7) is 4.38. The van der Waals surface area contributed by atoms with Gasteiger partial charge < -0.3 is 10.2 Å². The monoisotopic (exact) mass is 321 g/mol. The molecule has 122 valence electrons. The topological polar surface area (TPSA) is 63.1 Å². The summed E-state index contributed by atoms with van der Waals surface area (Å²) >= 11 is 0. The molecule has 24 heavy (non-hydrogen) atoms. The first-order valence-corrected chi connectivity index (χ1v) is 8.13. The first kappa shape index (κ1) is 14.8. The van der Waals surface area contributed by atoms with Crippen LogP contribution in [-0.2, 0) is 0 Å². The normalized spacial score (nSPS) is 18.0. The van der Waals surface area contributed by atoms with Gasteiger partial charge in [-0.3, -0.25) is 9.36 Å². The molecule has 3 aromatic rings. The quantitative estimate of drug-likeness (QED) is 0.782. The predicted molar refractivity (Wildman–Crippen MR) is 92.2 cm³/mol. The zero-order valence-electron chi connectivity index (χ0n) is 13.5. The van der Waals surface area contributed by atoms with Crippen molar-refractivity contribution in [1.82, 2.24) is 24.8 Å². The van der Waals surface area contributed by atoms with Gasteiger partial charge in [0.25, 0.3) is 5.91 Å². The van der Waals surface area contributed by atoms with E-state index >= 15 is 0 Å². The maximum absolute atomic E-state index is 12.6. The van der Waals surface area contributed by atoms with Gasteiger partial charge in [0.2, 0.25) is 0 Å². The Bertz CT molecular complexity index is 871. The van der Waals surface area contributed by atoms with Crippen molar-refractivity contribution < 1.29 is 4.79 Å². The van der Waals surface area contributed by atoms with Crippen molar-refractivity contribution in [2.24, 2.45) is 0 Å². The maximum atomic E-state index is 12.6. The number of aromatic nitrogens is 3. The van der Waals surface area contributed by atoms with Crippen LogP contribution in [0.1, 0.15) is 17.3 Å². The molecule has 6 heteroatoms. The molecule has 3 heterocycles. The fraction of sp³-hybridized carbons (Fsp3) is 0.278. The second-order valence-corrected chi connectivity index (χ2v) is 6.11. The van der Waals surface area contributed by atoms with Crippen molar-refractivity contribution in [1.29, 1.82) is 0 Å². The minimum atomic E-state index is 0.0397. The average molecular weight is 321 g/mol. The second-order valence-electron chi connectivity index (χ2n) is 6.11. The van der Waals surface area contributed by atoms with Crippen molar-refractivity contribution in [3.63, 3.8) is 0 Å². The minimum Gasteiger partial charge on any atom is -0.336 e. The maximum Gasteiger partial charge on any atom is 0.255 e. The van der Waals surface area contributed by atoms with E-state index in [0.717, 1.165) is 36.5 Å². The number of carbonyl (C=O) groups is 1. The standard InChI is InChI=1S/C18H19N5O/c1-13-11-22(9-8-19-13)18(24)14-6-7-17(20-10-14)23-12-21-15-4-2-3-5-16(15)23/h2-7,10,12-13,19H,8-9,11H2,1H3/t13-/m1/s1. The van der Waals surface area contributed by atoms with Crippen LogP contribution in [0.4, 0.5) is 0 Å². The van der Waals surface area contributed by atoms with Gasteiger partial charge in [-0.2, -0.15) is 0 Å². The molecule has 0 aliphatic carbocycles. The van der Waals surface area contributed by atoms with E-state index in [0.29, 0.717) is 11.6 Å². The fourth-order valence-corrected chi connectivity index (χ4v) is 3.10. The van der Waals surface area contributed by atoms with Crippen LogP contribution in [0, 0.1) is 0 Å². The lowest BCUT2D eigenvalue weighted by Crippen LogP contribution is -2.51. The second kappa shape index (κ2) is 6.05. The van der Waals surface area contributed by atoms with Crippen LogP contribution >= 0.6 is 0 Å². The molecule has 1 N–H and O–H groups in total. The van der Waals surface area contributed by atoms with Crippen LogP contribution in [-0.4, -0.2) is 51.0 Å². The average Bonchev–Trinajstić information content (AvgIpc) is 3.05. The first-order valence-electron chi connectivity index (χ1n) is 8.13. The van der Waals surface area contributed by atoms with Crippen LogP contribution in [0.15, 0.2) is 48.9 Å². The Kier molecular flexibility index (Phi) is 3.74. The molecular weight excluding hydrogens is 302 g/mol. The summed E-state index contributed by atoms with van der Waals surface area (Å²) in [5.74, 6) is 0.798. The van der Waals surface area contributed by atoms with E-state index in [-0.39, 0.29) is 5.91 Å². The third kappa shape index (κ3) is 2.65. The fourth-order valence-electron chi connectivity index (χ4n) is 3.10. The number of fused-ring (bicyclic) bond motifs is 1. The zero-order valence-corrected chi connectivity index (χ0v) is 13.5. The lowest BCUT2D eigenvalue weighted by molar-refractivity contribution is 0.0708. The number of imidazole rings is 1. The van der Waals surface area contributed by atoms with Crippen molar-refractivity contribution >= 4 is 16.9 Å². The summed E-state index contributed by atoms with van der Waals surface area (Å²) in [6.07, 6.45) is 3.41. The van der Waals surface area contributed by atoms with E-state index in [1.807, 2.05) is 45.9 Å². The predicted octanol–water partition coefficient (Wildman–Crippen LogP) is 1.85. The number of carbonyl (C=O) groups excluding carboxylic acids is 1. The zero-order chi connectivity index (χ0) is 16.5. The van der Waals surface area contributed by atoms with Gasteiger partial charge in [-0.15, -0.1) is 0 Å². The molecule has 1 saturated heterocycles. The number of rotatable bonds is 2. The Hall–Kier alpha value is -2.73. The number of amides is 1. The molecule has 1 aliphatic rings. The number of nitrogens with one attached hydrogen (secondary N) is 1. The van der Waals surface area contributed by atoms with Crippen LogP contribution in [0.5, 0.6) is 0 Å². The highest BCUT2D eigenvalue weighted by atomic mass is 16.2. The van der Waals surface area contributed by atoms with E-state index in [1.165, 1.54) is 0 Å². The van der Waals surface area contributed by atoms with Gasteiger partial charge in [0.1, 0.15) is 12.1 Å². The Morgan fingerprint density at radius 2 is 2.08 bits per heavy atom. The highest BCUT2D eigenvalue weighted by molar-refractivity contribution is 5.94. The van der Waals surface area contributed by atoms with Crippen molar-refractivity contribution in [3.05, 3.63) is 54.5 Å². The van der Waals surface area contributed by atoms with E-state index in [1.54, 1.807) is 12.5 Å². The number of pyridine rings is 1. The summed E-state index contributed by atoms with van der Waals surface area (Å²) in [5.41, 5.74) is 2.55. The lowest BCUT2D eigenvalue weighted by atomic mass is 10.2. The van der Waals surface area contributed by atoms with E-state index in [9.17, 15) is 4.79 Å². The van der Waals surface area contributed by atoms with E-state index in [4.69, 9.17) is 0 Å². The summed E-state index contributed by atoms with van der Waals surface area (Å²) in [6, 6.07) is 11.9. The van der Waals surface area contributed by atoms with Crippen molar-refractivity contribution in [3.8, 4) is 5.82 Å². The summed E-state index contributed by atoms with van der Waals surface area (Å²) in [7, 11) is 0. The number of nitrogens with zero attached hydrogens (tertiary/aromatic N) is 4. The van der Waals surface area contributed by atoms with Crippen molar-refractivity contribution in [2.45, 2.75) is 13.0 Å². The Labute approximate surface area is 140 Å². The Morgan fingerprint density at radius 1 is 1.21 bits per heavy atom. The van der Waals surface area contributed by atoms with Gasteiger partial charge in [0.05, 0.1) is 16.6 Å². The third-order valence-electron chi connectivity index (χ3n) is 4.35. The molecule has 2 aromatic heterocycles. The number of benzene rings is 1. The largest absolute Gasteiger partial charge is 0.336 e. The molecule has 1 atom stereocenters. The molecule has 0 bridgehead atoms. The Balaban J connectivity index is 1.59. The van der Waals surface area contributed by atoms with Gasteiger partial charge >= 0.3 is 0 Å². The highest BCUT2D eigenvalue weighted by Gasteiger charge is 2.21. The SMILES string of the molecule is C[C@@H]1CN(C(=O)c2ccc(-n3cnc4ccccc43)nc2)CCN1. The summed E-state index contributed by atoms with van der Waals surface area (Å²) in [5, 5.41) is 3.34. The summed E-state index contributed by atoms with van der Waals surface area (Å²) < 4.78 is 1.93. The van der Waals surface area contributed by atoms with Crippen molar-refractivity contribution in [2.75, 3.05) is 19.6 Å². The molecule has 1 amide bonds. The molecule has 0 spiro atoms. The Morgan fingerprint density at radius 3 is 2.88 bits per heavy atom. The van der Waals surface area contributed by atoms with Crippen LogP contribution < -0.4 is 5.32 Å². The number of piperazine rings is 1. The summed E-state index contributed by atoms with van der Waals surface area (Å²) in [4.78, 5) is 23.3. The van der Waals surface area contributed by atoms with Crippen LogP contribution in [0.3, 0.4) is 0 Å². The van der Waals surface area contributed by atoms with Gasteiger partial charge in [0.15, 0.2) is 0 Å². The molecule has 1 aromatic carbocycles. The van der Waals surface area contributed by atoms with E-state index in [2.05, 4.69) is 22.2 Å². The molecule has 4 rings (SSSR count). The molecule has 1 fully saturated rings. The van der Waals surface area contributed by atoms with Gasteiger partial charge in [0, 0.05) is 31.9 Å². The number of hydrogen-bond acceptors (Lipinski definition) is 4. The number of hydrogen-bond donors (Lipinski definition) is 1. The van der Waals surface area contributed by atoms with E-state index < -0.39 is 0 Å². The first-order chi connectivity index (χ1) is 11.7. The lowest BCUT2D eigenvalue weighted by Gasteiger charge is -2.31. The van der Waals surface area contributed by atoms with Gasteiger partial charge in [-0.1, -0.05) is 12.1 Å². The molecule has 0 radical (unpaired) electrons. The molecule has 6 nitrogen and oxygen atoms in total. The highest BCUT2D eigenvalue weighted by Crippen LogP contribution is 2.17. The smallest absolute Gasteiger partial charge is 0.255 e. The molecular formula is C18H19N5O. The number of para-hydroxylation sites is 2. The molecule has 1 aliphatic heterocycles. The third-order valence-corrected chi connectivity index (χ3v) is 4.35. The van der Waals surface area contributed by atoms with Crippen LogP contribution in [0.25, 0.3) is 16.9 Å². The molecule has 0 unspecified atom stereocenters. The minimum absolute atomic E-state index is 0.0397.